The number of amides is 1. The van der Waals surface area contributed by atoms with Gasteiger partial charge in [-0.15, -0.1) is 0 Å². The van der Waals surface area contributed by atoms with Gasteiger partial charge < -0.3 is 10.6 Å². The summed E-state index contributed by atoms with van der Waals surface area (Å²) in [6.45, 7) is 2.80. The molecule has 2 rings (SSSR count). The quantitative estimate of drug-likeness (QED) is 0.746. The van der Waals surface area contributed by atoms with E-state index in [1.807, 2.05) is 6.92 Å². The summed E-state index contributed by atoms with van der Waals surface area (Å²) < 4.78 is 13.6. The molecule has 20 heavy (non-hydrogen) atoms. The normalized spacial score (nSPS) is 15.9. The van der Waals surface area contributed by atoms with Crippen LogP contribution in [0.25, 0.3) is 0 Å². The van der Waals surface area contributed by atoms with Gasteiger partial charge in [0.15, 0.2) is 0 Å². The van der Waals surface area contributed by atoms with Crippen molar-refractivity contribution in [2.45, 2.75) is 44.7 Å². The number of carbonyl (C=O) groups excluding carboxylic acids is 1. The van der Waals surface area contributed by atoms with Crippen molar-refractivity contribution in [2.75, 3.05) is 6.54 Å². The molecule has 0 aliphatic heterocycles. The highest BCUT2D eigenvalue weighted by molar-refractivity contribution is 9.10. The number of hydrogen-bond acceptors (Lipinski definition) is 2. The zero-order valence-corrected chi connectivity index (χ0v) is 13.2. The van der Waals surface area contributed by atoms with Gasteiger partial charge in [0.2, 0.25) is 5.91 Å². The van der Waals surface area contributed by atoms with Crippen molar-refractivity contribution in [2.24, 2.45) is 0 Å². The fourth-order valence-electron chi connectivity index (χ4n) is 1.99. The van der Waals surface area contributed by atoms with Gasteiger partial charge in [0, 0.05) is 18.5 Å². The summed E-state index contributed by atoms with van der Waals surface area (Å²) >= 11 is 3.19. The van der Waals surface area contributed by atoms with E-state index in [4.69, 9.17) is 0 Å². The molecule has 0 saturated heterocycles. The summed E-state index contributed by atoms with van der Waals surface area (Å²) in [7, 11) is 0. The van der Waals surface area contributed by atoms with Crippen LogP contribution >= 0.6 is 15.9 Å². The molecule has 1 fully saturated rings. The molecular weight excluding hydrogens is 323 g/mol. The van der Waals surface area contributed by atoms with E-state index in [0.717, 1.165) is 31.4 Å². The van der Waals surface area contributed by atoms with E-state index in [1.54, 1.807) is 12.1 Å². The van der Waals surface area contributed by atoms with Crippen molar-refractivity contribution in [3.63, 3.8) is 0 Å². The molecule has 3 nitrogen and oxygen atoms in total. The third-order valence-electron chi connectivity index (χ3n) is 3.42. The molecule has 0 radical (unpaired) electrons. The molecule has 1 amide bonds. The van der Waals surface area contributed by atoms with Crippen molar-refractivity contribution < 1.29 is 9.18 Å². The lowest BCUT2D eigenvalue weighted by Gasteiger charge is -2.14. The summed E-state index contributed by atoms with van der Waals surface area (Å²) in [6.07, 6.45) is 3.62. The largest absolute Gasteiger partial charge is 0.353 e. The van der Waals surface area contributed by atoms with Gasteiger partial charge >= 0.3 is 0 Å². The third-order valence-corrected chi connectivity index (χ3v) is 4.02. The fourth-order valence-corrected chi connectivity index (χ4v) is 2.39. The van der Waals surface area contributed by atoms with Crippen LogP contribution in [0, 0.1) is 5.82 Å². The first-order valence-electron chi connectivity index (χ1n) is 7.04. The van der Waals surface area contributed by atoms with Crippen LogP contribution in [0.1, 0.15) is 44.2 Å². The van der Waals surface area contributed by atoms with E-state index >= 15 is 0 Å². The fraction of sp³-hybridized carbons (Fsp3) is 0.533. The Labute approximate surface area is 127 Å². The van der Waals surface area contributed by atoms with E-state index in [-0.39, 0.29) is 17.8 Å². The maximum absolute atomic E-state index is 13.2. The summed E-state index contributed by atoms with van der Waals surface area (Å²) in [4.78, 5) is 11.5. The Kier molecular flexibility index (Phi) is 5.54. The highest BCUT2D eigenvalue weighted by atomic mass is 79.9. The zero-order chi connectivity index (χ0) is 14.5. The van der Waals surface area contributed by atoms with Crippen LogP contribution in [0.15, 0.2) is 22.7 Å². The Bertz CT molecular complexity index is 477. The highest BCUT2D eigenvalue weighted by Crippen LogP contribution is 2.21. The van der Waals surface area contributed by atoms with Crippen LogP contribution < -0.4 is 10.6 Å². The van der Waals surface area contributed by atoms with Gasteiger partial charge in [-0.3, -0.25) is 4.79 Å². The minimum absolute atomic E-state index is 0.137. The molecule has 2 N–H and O–H groups in total. The zero-order valence-electron chi connectivity index (χ0n) is 11.6. The maximum atomic E-state index is 13.2. The van der Waals surface area contributed by atoms with Crippen LogP contribution in [0.5, 0.6) is 0 Å². The second-order valence-electron chi connectivity index (χ2n) is 5.29. The van der Waals surface area contributed by atoms with E-state index in [9.17, 15) is 9.18 Å². The van der Waals surface area contributed by atoms with Crippen LogP contribution in [0.4, 0.5) is 4.39 Å². The molecule has 0 spiro atoms. The lowest BCUT2D eigenvalue weighted by Crippen LogP contribution is -2.27. The summed E-state index contributed by atoms with van der Waals surface area (Å²) in [6, 6.07) is 5.59. The van der Waals surface area contributed by atoms with Crippen molar-refractivity contribution in [1.82, 2.24) is 10.6 Å². The number of hydrogen-bond donors (Lipinski definition) is 2. The molecular formula is C15H20BrFN2O. The van der Waals surface area contributed by atoms with Gasteiger partial charge in [0.25, 0.3) is 0 Å². The summed E-state index contributed by atoms with van der Waals surface area (Å²) in [5.41, 5.74) is 1.03. The van der Waals surface area contributed by atoms with Gasteiger partial charge in [-0.25, -0.2) is 4.39 Å². The summed E-state index contributed by atoms with van der Waals surface area (Å²) in [5.74, 6) is -0.107. The second kappa shape index (κ2) is 7.18. The molecule has 1 atom stereocenters. The first kappa shape index (κ1) is 15.4. The molecule has 110 valence electrons. The molecule has 1 unspecified atom stereocenters. The van der Waals surface area contributed by atoms with Gasteiger partial charge in [-0.2, -0.15) is 0 Å². The average Bonchev–Trinajstić information content (AvgIpc) is 3.21. The van der Waals surface area contributed by atoms with Crippen LogP contribution in [-0.4, -0.2) is 18.5 Å². The SMILES string of the molecule is CC(NCCCC(=O)NC1CC1)c1ccc(F)c(Br)c1. The Morgan fingerprint density at radius 1 is 1.50 bits per heavy atom. The highest BCUT2D eigenvalue weighted by Gasteiger charge is 2.22. The van der Waals surface area contributed by atoms with Gasteiger partial charge in [-0.1, -0.05) is 6.07 Å². The first-order chi connectivity index (χ1) is 9.56. The third kappa shape index (κ3) is 4.87. The monoisotopic (exact) mass is 342 g/mol. The topological polar surface area (TPSA) is 41.1 Å². The maximum Gasteiger partial charge on any atom is 0.220 e. The molecule has 1 aliphatic carbocycles. The van der Waals surface area contributed by atoms with Crippen molar-refractivity contribution >= 4 is 21.8 Å². The minimum atomic E-state index is -0.252. The van der Waals surface area contributed by atoms with Gasteiger partial charge in [0.05, 0.1) is 4.47 Å². The lowest BCUT2D eigenvalue weighted by atomic mass is 10.1. The molecule has 0 bridgehead atoms. The van der Waals surface area contributed by atoms with Gasteiger partial charge in [0.1, 0.15) is 5.82 Å². The smallest absolute Gasteiger partial charge is 0.220 e. The number of carbonyl (C=O) groups is 1. The van der Waals surface area contributed by atoms with Gasteiger partial charge in [-0.05, 0) is 66.4 Å². The molecule has 0 aromatic heterocycles. The first-order valence-corrected chi connectivity index (χ1v) is 7.83. The van der Waals surface area contributed by atoms with Crippen LogP contribution in [0.3, 0.4) is 0 Å². The standard InChI is InChI=1S/C15H20BrFN2O/c1-10(11-4-7-14(17)13(16)9-11)18-8-2-3-15(20)19-12-5-6-12/h4,7,9-10,12,18H,2-3,5-6,8H2,1H3,(H,19,20). The van der Waals surface area contributed by atoms with Crippen molar-refractivity contribution in [3.05, 3.63) is 34.1 Å². The Balaban J connectivity index is 1.67. The van der Waals surface area contributed by atoms with E-state index in [0.29, 0.717) is 16.9 Å². The number of benzene rings is 1. The Morgan fingerprint density at radius 3 is 2.90 bits per heavy atom. The Morgan fingerprint density at radius 2 is 2.25 bits per heavy atom. The Hall–Kier alpha value is -0.940. The second-order valence-corrected chi connectivity index (χ2v) is 6.15. The van der Waals surface area contributed by atoms with Crippen LogP contribution in [0.2, 0.25) is 0 Å². The summed E-state index contributed by atoms with van der Waals surface area (Å²) in [5, 5.41) is 6.32. The molecule has 1 aromatic rings. The average molecular weight is 343 g/mol. The van der Waals surface area contributed by atoms with E-state index in [2.05, 4.69) is 26.6 Å². The predicted octanol–water partition coefficient (Wildman–Crippen LogP) is 3.30. The number of halogens is 2. The molecule has 1 saturated carbocycles. The predicted molar refractivity (Wildman–Crippen MR) is 80.9 cm³/mol. The van der Waals surface area contributed by atoms with E-state index in [1.165, 1.54) is 6.07 Å². The molecule has 1 aromatic carbocycles. The number of nitrogens with one attached hydrogen (secondary N) is 2. The van der Waals surface area contributed by atoms with Crippen molar-refractivity contribution in [1.29, 1.82) is 0 Å². The lowest BCUT2D eigenvalue weighted by molar-refractivity contribution is -0.121. The molecule has 1 aliphatic rings. The van der Waals surface area contributed by atoms with Crippen molar-refractivity contribution in [3.8, 4) is 0 Å². The van der Waals surface area contributed by atoms with E-state index < -0.39 is 0 Å². The number of rotatable bonds is 7. The molecule has 5 heteroatoms. The van der Waals surface area contributed by atoms with Crippen LogP contribution in [-0.2, 0) is 4.79 Å². The minimum Gasteiger partial charge on any atom is -0.353 e. The molecule has 0 heterocycles.